The molecule has 17 heteroatoms. The van der Waals surface area contributed by atoms with Gasteiger partial charge in [0.05, 0.1) is 0 Å². The summed E-state index contributed by atoms with van der Waals surface area (Å²) in [4.78, 5) is 0. The van der Waals surface area contributed by atoms with Crippen molar-refractivity contribution in [1.82, 2.24) is 0 Å². The van der Waals surface area contributed by atoms with Crippen LogP contribution in [0.25, 0.3) is 0 Å². The van der Waals surface area contributed by atoms with Gasteiger partial charge in [-0.15, -0.1) is 0 Å². The van der Waals surface area contributed by atoms with Crippen molar-refractivity contribution in [2.75, 3.05) is 0 Å². The Balaban J connectivity index is 2.11. The van der Waals surface area contributed by atoms with E-state index >= 15 is 26.3 Å². The molecule has 324 valence electrons. The van der Waals surface area contributed by atoms with Crippen molar-refractivity contribution in [3.05, 3.63) is 179 Å². The van der Waals surface area contributed by atoms with Crippen LogP contribution in [-0.4, -0.2) is 67.2 Å². The van der Waals surface area contributed by atoms with Gasteiger partial charge in [0.25, 0.3) is 0 Å². The van der Waals surface area contributed by atoms with Gasteiger partial charge in [0, 0.05) is 0 Å². The van der Waals surface area contributed by atoms with E-state index in [1.54, 1.807) is 41.5 Å². The van der Waals surface area contributed by atoms with E-state index in [0.717, 1.165) is 0 Å². The molecule has 6 rings (SSSR count). The van der Waals surface area contributed by atoms with Crippen molar-refractivity contribution in [3.63, 3.8) is 0 Å². The third-order valence-corrected chi connectivity index (χ3v) is 76.2. The minimum absolute atomic E-state index is 0.280. The summed E-state index contributed by atoms with van der Waals surface area (Å²) in [5.74, 6) is 0. The number of benzene rings is 6. The van der Waals surface area contributed by atoms with Gasteiger partial charge in [-0.05, 0) is 0 Å². The third kappa shape index (κ3) is 8.02. The standard InChI is InChI=1S/6C7H7.2CHF3O3S.2Bi.O/c6*1-7-5-3-2-4-6-7;2*2-1(3,4)8(5,6)7;;;/h6*3-6H,1H3;2*(H,5,6,7);;;/q;;;;;;;;2*+1;/p-2. The van der Waals surface area contributed by atoms with Gasteiger partial charge in [-0.1, -0.05) is 0 Å². The Hall–Kier alpha value is -3.55. The molecule has 0 aliphatic rings. The molecule has 0 amide bonds. The monoisotopic (exact) mass is 1280 g/mol. The first-order valence-corrected chi connectivity index (χ1v) is 37.5. The number of alkyl halides is 6. The molecular weight excluding hydrogens is 1240 g/mol. The molecule has 0 aromatic heterocycles. The summed E-state index contributed by atoms with van der Waals surface area (Å²) in [6, 6.07) is 33.5. The van der Waals surface area contributed by atoms with Gasteiger partial charge in [0.2, 0.25) is 0 Å². The number of aryl methyl sites for hydroxylation is 6. The average Bonchev–Trinajstić information content (AvgIpc) is 3.18. The molecule has 0 saturated carbocycles. The zero-order valence-corrected chi connectivity index (χ0v) is 42.3. The second-order valence-corrected chi connectivity index (χ2v) is 54.6. The maximum absolute atomic E-state index is 15.3. The van der Waals surface area contributed by atoms with Crippen LogP contribution in [0.4, 0.5) is 26.3 Å². The Morgan fingerprint density at radius 3 is 0.607 bits per heavy atom. The predicted molar refractivity (Wildman–Crippen MR) is 230 cm³/mol. The molecule has 0 unspecified atom stereocenters. The van der Waals surface area contributed by atoms with E-state index in [4.69, 9.17) is 5.41 Å². The minimum atomic E-state index is -8.44. The van der Waals surface area contributed by atoms with Crippen molar-refractivity contribution in [2.24, 2.45) is 0 Å². The van der Waals surface area contributed by atoms with Crippen molar-refractivity contribution in [1.29, 1.82) is 0 Å². The molecule has 6 aromatic rings. The summed E-state index contributed by atoms with van der Waals surface area (Å²) in [5, 5.41) is 0. The SMILES string of the molecule is Cc1cc[c]([Bi]([O]S(=O)(=O)C(F)(F)F)([O][Bi]([O]S(=O)(=O)C(F)(F)F)([c]2ccc(C)cc2)([c]2ccc(C)cc2)[c]2ccc(C)cc2)([c]2ccc(C)cc2)[c]2ccc(C)cc2)cc1. The molecule has 0 bridgehead atoms. The molecular formula is C44H42Bi2F6O7S2. The number of hydrogen-bond donors (Lipinski definition) is 0. The Morgan fingerprint density at radius 2 is 0.475 bits per heavy atom. The second-order valence-electron chi connectivity index (χ2n) is 15.0. The van der Waals surface area contributed by atoms with E-state index in [2.05, 4.69) is 0 Å². The van der Waals surface area contributed by atoms with E-state index in [1.807, 2.05) is 0 Å². The first kappa shape index (κ1) is 46.9. The summed E-state index contributed by atoms with van der Waals surface area (Å²) in [6.45, 7) is 9.97. The summed E-state index contributed by atoms with van der Waals surface area (Å²) < 4.78 is 168. The van der Waals surface area contributed by atoms with Crippen LogP contribution in [0, 0.1) is 41.5 Å². The maximum atomic E-state index is 15.3. The molecule has 0 heterocycles. The van der Waals surface area contributed by atoms with Gasteiger partial charge in [-0.3, -0.25) is 0 Å². The fourth-order valence-electron chi connectivity index (χ4n) is 7.11. The van der Waals surface area contributed by atoms with E-state index in [0.29, 0.717) is 33.4 Å². The summed E-state index contributed by atoms with van der Waals surface area (Å²) >= 11 is -16.9. The van der Waals surface area contributed by atoms with Crippen LogP contribution in [0.1, 0.15) is 33.4 Å². The molecule has 7 nitrogen and oxygen atoms in total. The van der Waals surface area contributed by atoms with E-state index in [-0.39, 0.29) is 19.6 Å². The van der Waals surface area contributed by atoms with Gasteiger partial charge in [0.15, 0.2) is 0 Å². The Labute approximate surface area is 356 Å². The van der Waals surface area contributed by atoms with Crippen molar-refractivity contribution >= 4 is 79.2 Å². The van der Waals surface area contributed by atoms with Gasteiger partial charge < -0.3 is 0 Å². The first-order valence-electron chi connectivity index (χ1n) is 18.5. The van der Waals surface area contributed by atoms with Gasteiger partial charge >= 0.3 is 359 Å². The van der Waals surface area contributed by atoms with Crippen molar-refractivity contribution in [3.8, 4) is 0 Å². The van der Waals surface area contributed by atoms with Gasteiger partial charge in [0.1, 0.15) is 0 Å². The third-order valence-electron chi connectivity index (χ3n) is 10.4. The Morgan fingerprint density at radius 1 is 0.328 bits per heavy atom. The van der Waals surface area contributed by atoms with Crippen LogP contribution in [0.15, 0.2) is 146 Å². The van der Waals surface area contributed by atoms with E-state index < -0.39 is 70.6 Å². The molecule has 0 atom stereocenters. The second kappa shape index (κ2) is 16.2. The van der Waals surface area contributed by atoms with Crippen molar-refractivity contribution in [2.45, 2.75) is 52.6 Å². The number of rotatable bonds is 12. The summed E-state index contributed by atoms with van der Waals surface area (Å²) in [7, 11) is -13.7. The molecule has 0 aliphatic heterocycles. The number of hydrogen-bond acceptors (Lipinski definition) is 7. The zero-order chi connectivity index (χ0) is 44.9. The molecule has 6 aromatic carbocycles. The van der Waals surface area contributed by atoms with Gasteiger partial charge in [-0.25, -0.2) is 0 Å². The van der Waals surface area contributed by atoms with Crippen LogP contribution in [0.5, 0.6) is 0 Å². The molecule has 0 radical (unpaired) electrons. The summed E-state index contributed by atoms with van der Waals surface area (Å²) in [5.41, 5.74) is -8.94. The molecule has 0 spiro atoms. The van der Waals surface area contributed by atoms with Crippen LogP contribution in [-0.2, 0) is 25.6 Å². The van der Waals surface area contributed by atoms with Crippen molar-refractivity contribution < 1.29 is 48.6 Å². The van der Waals surface area contributed by atoms with Gasteiger partial charge in [-0.2, -0.15) is 0 Å². The summed E-state index contributed by atoms with van der Waals surface area (Å²) in [6.07, 6.45) is 0. The van der Waals surface area contributed by atoms with Crippen LogP contribution in [0.3, 0.4) is 0 Å². The fraction of sp³-hybridized carbons (Fsp3) is 0.182. The topological polar surface area (TPSA) is 96.0 Å². The van der Waals surface area contributed by atoms with E-state index in [1.165, 1.54) is 146 Å². The Bertz CT molecular complexity index is 2360. The normalized spacial score (nSPS) is 14.4. The molecule has 0 fully saturated rings. The molecule has 0 saturated heterocycles. The molecule has 0 aliphatic carbocycles. The van der Waals surface area contributed by atoms with Crippen LogP contribution in [0.2, 0.25) is 0 Å². The zero-order valence-electron chi connectivity index (χ0n) is 33.7. The van der Waals surface area contributed by atoms with Crippen LogP contribution < -0.4 is 19.6 Å². The first-order chi connectivity index (χ1) is 28.3. The fourth-order valence-corrected chi connectivity index (χ4v) is 98.7. The van der Waals surface area contributed by atoms with Crippen LogP contribution >= 0.6 is 0 Å². The molecule has 0 N–H and O–H groups in total. The van der Waals surface area contributed by atoms with E-state index in [9.17, 15) is 16.8 Å². The molecule has 61 heavy (non-hydrogen) atoms. The number of halogens is 6. The quantitative estimate of drug-likeness (QED) is 0.0755. The predicted octanol–water partition coefficient (Wildman–Crippen LogP) is 6.82. The average molecular weight is 1280 g/mol. The Kier molecular flexibility index (Phi) is 12.5.